The van der Waals surface area contributed by atoms with Crippen LogP contribution in [0.2, 0.25) is 0 Å². The van der Waals surface area contributed by atoms with E-state index in [0.717, 1.165) is 16.9 Å². The van der Waals surface area contributed by atoms with Crippen LogP contribution >= 0.6 is 0 Å². The van der Waals surface area contributed by atoms with Crippen molar-refractivity contribution < 1.29 is 14.3 Å². The van der Waals surface area contributed by atoms with Gasteiger partial charge in [-0.05, 0) is 30.7 Å². The molecular formula is C13H12O3. The molecule has 2 aromatic rings. The van der Waals surface area contributed by atoms with E-state index in [9.17, 15) is 4.79 Å². The van der Waals surface area contributed by atoms with Crippen molar-refractivity contribution in [2.75, 3.05) is 0 Å². The van der Waals surface area contributed by atoms with Crippen molar-refractivity contribution in [3.63, 3.8) is 0 Å². The van der Waals surface area contributed by atoms with E-state index in [1.807, 2.05) is 36.4 Å². The summed E-state index contributed by atoms with van der Waals surface area (Å²) in [6.07, 6.45) is 1.60. The SMILES string of the molecule is C[C@@H](C(=O)O)c1cccc(-c2ccco2)c1. The highest BCUT2D eigenvalue weighted by Gasteiger charge is 2.14. The zero-order valence-corrected chi connectivity index (χ0v) is 8.88. The Morgan fingerprint density at radius 1 is 1.31 bits per heavy atom. The maximum atomic E-state index is 10.9. The van der Waals surface area contributed by atoms with Crippen LogP contribution in [0.3, 0.4) is 0 Å². The third-order valence-electron chi connectivity index (χ3n) is 2.56. The second-order valence-electron chi connectivity index (χ2n) is 3.66. The lowest BCUT2D eigenvalue weighted by Crippen LogP contribution is -2.07. The Hall–Kier alpha value is -2.03. The van der Waals surface area contributed by atoms with Crippen LogP contribution < -0.4 is 0 Å². The largest absolute Gasteiger partial charge is 0.481 e. The number of hydrogen-bond acceptors (Lipinski definition) is 2. The van der Waals surface area contributed by atoms with Gasteiger partial charge in [-0.1, -0.05) is 18.2 Å². The predicted molar refractivity (Wildman–Crippen MR) is 60.2 cm³/mol. The molecule has 0 spiro atoms. The highest BCUT2D eigenvalue weighted by atomic mass is 16.4. The Bertz CT molecular complexity index is 486. The molecular weight excluding hydrogens is 204 g/mol. The van der Waals surface area contributed by atoms with Gasteiger partial charge in [0, 0.05) is 5.56 Å². The minimum atomic E-state index is -0.823. The molecule has 82 valence electrons. The average molecular weight is 216 g/mol. The second kappa shape index (κ2) is 4.23. The molecule has 1 aromatic heterocycles. The first-order valence-corrected chi connectivity index (χ1v) is 5.05. The van der Waals surface area contributed by atoms with Crippen molar-refractivity contribution in [3.8, 4) is 11.3 Å². The van der Waals surface area contributed by atoms with Gasteiger partial charge in [-0.25, -0.2) is 0 Å². The normalized spacial score (nSPS) is 12.3. The number of carbonyl (C=O) groups is 1. The molecule has 1 heterocycles. The molecule has 0 unspecified atom stereocenters. The minimum absolute atomic E-state index is 0.505. The van der Waals surface area contributed by atoms with Crippen LogP contribution in [0.25, 0.3) is 11.3 Å². The first-order chi connectivity index (χ1) is 7.68. The molecule has 3 nitrogen and oxygen atoms in total. The smallest absolute Gasteiger partial charge is 0.310 e. The van der Waals surface area contributed by atoms with Gasteiger partial charge in [0.25, 0.3) is 0 Å². The Morgan fingerprint density at radius 3 is 2.75 bits per heavy atom. The first-order valence-electron chi connectivity index (χ1n) is 5.05. The summed E-state index contributed by atoms with van der Waals surface area (Å²) >= 11 is 0. The number of aliphatic carboxylic acids is 1. The van der Waals surface area contributed by atoms with Gasteiger partial charge in [0.15, 0.2) is 0 Å². The Labute approximate surface area is 93.3 Å². The van der Waals surface area contributed by atoms with Crippen LogP contribution in [0, 0.1) is 0 Å². The van der Waals surface area contributed by atoms with E-state index in [4.69, 9.17) is 9.52 Å². The maximum Gasteiger partial charge on any atom is 0.310 e. The number of carboxylic acids is 1. The number of hydrogen-bond donors (Lipinski definition) is 1. The highest BCUT2D eigenvalue weighted by Crippen LogP contribution is 2.24. The lowest BCUT2D eigenvalue weighted by molar-refractivity contribution is -0.138. The maximum absolute atomic E-state index is 10.9. The van der Waals surface area contributed by atoms with E-state index in [1.165, 1.54) is 0 Å². The first kappa shape index (κ1) is 10.5. The summed E-state index contributed by atoms with van der Waals surface area (Å²) in [5, 5.41) is 8.93. The highest BCUT2D eigenvalue weighted by molar-refractivity contribution is 5.76. The Morgan fingerprint density at radius 2 is 2.12 bits per heavy atom. The van der Waals surface area contributed by atoms with E-state index >= 15 is 0 Å². The molecule has 3 heteroatoms. The minimum Gasteiger partial charge on any atom is -0.481 e. The van der Waals surface area contributed by atoms with Crippen LogP contribution in [0.15, 0.2) is 47.1 Å². The number of rotatable bonds is 3. The fourth-order valence-corrected chi connectivity index (χ4v) is 1.55. The zero-order chi connectivity index (χ0) is 11.5. The van der Waals surface area contributed by atoms with Gasteiger partial charge in [0.05, 0.1) is 12.2 Å². The van der Waals surface area contributed by atoms with Crippen molar-refractivity contribution in [2.24, 2.45) is 0 Å². The van der Waals surface area contributed by atoms with E-state index in [1.54, 1.807) is 13.2 Å². The molecule has 1 aromatic carbocycles. The van der Waals surface area contributed by atoms with E-state index in [2.05, 4.69) is 0 Å². The van der Waals surface area contributed by atoms with Gasteiger partial charge in [0.1, 0.15) is 5.76 Å². The van der Waals surface area contributed by atoms with E-state index in [-0.39, 0.29) is 0 Å². The van der Waals surface area contributed by atoms with Crippen molar-refractivity contribution in [1.29, 1.82) is 0 Å². The number of benzene rings is 1. The summed E-state index contributed by atoms with van der Waals surface area (Å²) < 4.78 is 5.27. The zero-order valence-electron chi connectivity index (χ0n) is 8.88. The topological polar surface area (TPSA) is 50.4 Å². The summed E-state index contributed by atoms with van der Waals surface area (Å²) in [6, 6.07) is 11.1. The molecule has 0 bridgehead atoms. The van der Waals surface area contributed by atoms with Crippen molar-refractivity contribution in [1.82, 2.24) is 0 Å². The predicted octanol–water partition coefficient (Wildman–Crippen LogP) is 3.13. The fraction of sp³-hybridized carbons (Fsp3) is 0.154. The van der Waals surface area contributed by atoms with Crippen LogP contribution in [0.1, 0.15) is 18.4 Å². The second-order valence-corrected chi connectivity index (χ2v) is 3.66. The van der Waals surface area contributed by atoms with Crippen LogP contribution in [-0.2, 0) is 4.79 Å². The molecule has 1 N–H and O–H groups in total. The molecule has 0 radical (unpaired) electrons. The lowest BCUT2D eigenvalue weighted by atomic mass is 9.98. The molecule has 0 aliphatic heterocycles. The summed E-state index contributed by atoms with van der Waals surface area (Å²) in [5.74, 6) is -0.578. The monoisotopic (exact) mass is 216 g/mol. The molecule has 0 aliphatic carbocycles. The van der Waals surface area contributed by atoms with Crippen molar-refractivity contribution >= 4 is 5.97 Å². The van der Waals surface area contributed by atoms with E-state index in [0.29, 0.717) is 0 Å². The summed E-state index contributed by atoms with van der Waals surface area (Å²) in [7, 11) is 0. The fourth-order valence-electron chi connectivity index (χ4n) is 1.55. The number of furan rings is 1. The van der Waals surface area contributed by atoms with Gasteiger partial charge in [0.2, 0.25) is 0 Å². The van der Waals surface area contributed by atoms with Crippen LogP contribution in [-0.4, -0.2) is 11.1 Å². The van der Waals surface area contributed by atoms with Gasteiger partial charge in [-0.3, -0.25) is 4.79 Å². The Balaban J connectivity index is 2.37. The molecule has 0 saturated heterocycles. The molecule has 1 atom stereocenters. The van der Waals surface area contributed by atoms with Gasteiger partial charge < -0.3 is 9.52 Å². The third-order valence-corrected chi connectivity index (χ3v) is 2.56. The molecule has 0 aliphatic rings. The molecule has 0 amide bonds. The Kier molecular flexibility index (Phi) is 2.77. The summed E-state index contributed by atoms with van der Waals surface area (Å²) in [4.78, 5) is 10.9. The van der Waals surface area contributed by atoms with Crippen LogP contribution in [0.5, 0.6) is 0 Å². The third kappa shape index (κ3) is 1.98. The van der Waals surface area contributed by atoms with Crippen LogP contribution in [0.4, 0.5) is 0 Å². The summed E-state index contributed by atoms with van der Waals surface area (Å²) in [6.45, 7) is 1.67. The standard InChI is InChI=1S/C13H12O3/c1-9(13(14)15)10-4-2-5-11(8-10)12-6-3-7-16-12/h2-9H,1H3,(H,14,15)/t9-/m1/s1. The van der Waals surface area contributed by atoms with Gasteiger partial charge in [-0.15, -0.1) is 0 Å². The van der Waals surface area contributed by atoms with E-state index < -0.39 is 11.9 Å². The number of carboxylic acid groups (broad SMARTS) is 1. The van der Waals surface area contributed by atoms with Gasteiger partial charge in [-0.2, -0.15) is 0 Å². The molecule has 16 heavy (non-hydrogen) atoms. The molecule has 0 fully saturated rings. The van der Waals surface area contributed by atoms with Crippen molar-refractivity contribution in [2.45, 2.75) is 12.8 Å². The van der Waals surface area contributed by atoms with Crippen molar-refractivity contribution in [3.05, 3.63) is 48.2 Å². The quantitative estimate of drug-likeness (QED) is 0.857. The lowest BCUT2D eigenvalue weighted by Gasteiger charge is -2.07. The van der Waals surface area contributed by atoms with Gasteiger partial charge >= 0.3 is 5.97 Å². The average Bonchev–Trinajstić information content (AvgIpc) is 2.81. The molecule has 0 saturated carbocycles. The molecule has 2 rings (SSSR count). The summed E-state index contributed by atoms with van der Waals surface area (Å²) in [5.41, 5.74) is 1.68.